The van der Waals surface area contributed by atoms with Crippen molar-refractivity contribution < 1.29 is 5.11 Å². The van der Waals surface area contributed by atoms with Gasteiger partial charge in [0.15, 0.2) is 0 Å². The molecule has 0 saturated carbocycles. The van der Waals surface area contributed by atoms with E-state index in [0.29, 0.717) is 0 Å². The zero-order valence-corrected chi connectivity index (χ0v) is 13.5. The third-order valence-corrected chi connectivity index (χ3v) is 4.35. The zero-order valence-electron chi connectivity index (χ0n) is 13.5. The molecule has 0 bridgehead atoms. The minimum atomic E-state index is -0.0757. The molecule has 0 aliphatic carbocycles. The number of phenols is 1. The van der Waals surface area contributed by atoms with E-state index in [4.69, 9.17) is 0 Å². The van der Waals surface area contributed by atoms with Crippen molar-refractivity contribution in [3.8, 4) is 17.0 Å². The van der Waals surface area contributed by atoms with E-state index in [2.05, 4.69) is 42.5 Å². The fourth-order valence-electron chi connectivity index (χ4n) is 3.35. The molecular formula is C19H19N3O. The summed E-state index contributed by atoms with van der Waals surface area (Å²) < 4.78 is 2.03. The van der Waals surface area contributed by atoms with Crippen LogP contribution in [0, 0.1) is 20.8 Å². The number of anilines is 1. The largest absolute Gasteiger partial charge is 0.508 e. The van der Waals surface area contributed by atoms with Gasteiger partial charge >= 0.3 is 0 Å². The topological polar surface area (TPSA) is 50.1 Å². The second-order valence-corrected chi connectivity index (χ2v) is 6.26. The Morgan fingerprint density at radius 3 is 2.52 bits per heavy atom. The van der Waals surface area contributed by atoms with Crippen molar-refractivity contribution in [2.24, 2.45) is 0 Å². The fraction of sp³-hybridized carbons (Fsp3) is 0.211. The van der Waals surface area contributed by atoms with Gasteiger partial charge in [-0.25, -0.2) is 4.68 Å². The quantitative estimate of drug-likeness (QED) is 0.710. The van der Waals surface area contributed by atoms with Crippen LogP contribution in [0.5, 0.6) is 5.75 Å². The number of aryl methyl sites for hydroxylation is 3. The molecule has 4 heteroatoms. The van der Waals surface area contributed by atoms with Gasteiger partial charge in [0.25, 0.3) is 0 Å². The average molecular weight is 305 g/mol. The van der Waals surface area contributed by atoms with Gasteiger partial charge in [0.1, 0.15) is 11.9 Å². The number of aromatic nitrogens is 2. The van der Waals surface area contributed by atoms with Crippen molar-refractivity contribution in [1.29, 1.82) is 0 Å². The van der Waals surface area contributed by atoms with Crippen molar-refractivity contribution in [3.63, 3.8) is 0 Å². The molecule has 1 aliphatic heterocycles. The van der Waals surface area contributed by atoms with Crippen LogP contribution in [-0.4, -0.2) is 14.9 Å². The zero-order chi connectivity index (χ0) is 16.1. The summed E-state index contributed by atoms with van der Waals surface area (Å²) in [4.78, 5) is 0. The average Bonchev–Trinajstić information content (AvgIpc) is 2.89. The molecule has 0 spiro atoms. The van der Waals surface area contributed by atoms with Crippen molar-refractivity contribution >= 4 is 5.69 Å². The van der Waals surface area contributed by atoms with E-state index in [1.54, 1.807) is 12.1 Å². The summed E-state index contributed by atoms with van der Waals surface area (Å²) in [7, 11) is 0. The van der Waals surface area contributed by atoms with E-state index in [0.717, 1.165) is 22.6 Å². The van der Waals surface area contributed by atoms with Crippen LogP contribution in [0.2, 0.25) is 0 Å². The lowest BCUT2D eigenvalue weighted by molar-refractivity contribution is 0.474. The van der Waals surface area contributed by atoms with Gasteiger partial charge in [-0.15, -0.1) is 0 Å². The number of hydrogen-bond donors (Lipinski definition) is 2. The maximum atomic E-state index is 9.54. The monoisotopic (exact) mass is 305 g/mol. The molecule has 0 amide bonds. The lowest BCUT2D eigenvalue weighted by atomic mass is 9.98. The minimum absolute atomic E-state index is 0.0757. The molecule has 1 aliphatic rings. The first-order valence-corrected chi connectivity index (χ1v) is 7.76. The highest BCUT2D eigenvalue weighted by Gasteiger charge is 2.27. The third kappa shape index (κ3) is 2.18. The molecule has 23 heavy (non-hydrogen) atoms. The van der Waals surface area contributed by atoms with Crippen molar-refractivity contribution in [3.05, 3.63) is 64.8 Å². The summed E-state index contributed by atoms with van der Waals surface area (Å²) in [5.41, 5.74) is 8.01. The van der Waals surface area contributed by atoms with Crippen LogP contribution in [0.4, 0.5) is 5.69 Å². The van der Waals surface area contributed by atoms with Gasteiger partial charge in [-0.05, 0) is 56.2 Å². The van der Waals surface area contributed by atoms with Gasteiger partial charge in [-0.1, -0.05) is 23.8 Å². The first kappa shape index (κ1) is 13.9. The molecule has 0 saturated heterocycles. The normalized spacial score (nSPS) is 15.7. The first-order valence-electron chi connectivity index (χ1n) is 7.76. The maximum Gasteiger partial charge on any atom is 0.147 e. The Labute approximate surface area is 135 Å². The lowest BCUT2D eigenvalue weighted by Gasteiger charge is -2.30. The van der Waals surface area contributed by atoms with Gasteiger partial charge in [0, 0.05) is 11.3 Å². The fourth-order valence-corrected chi connectivity index (χ4v) is 3.35. The van der Waals surface area contributed by atoms with Crippen LogP contribution in [0.25, 0.3) is 11.3 Å². The van der Waals surface area contributed by atoms with E-state index in [-0.39, 0.29) is 11.9 Å². The summed E-state index contributed by atoms with van der Waals surface area (Å²) >= 11 is 0. The van der Waals surface area contributed by atoms with Crippen molar-refractivity contribution in [2.45, 2.75) is 26.9 Å². The number of rotatable bonds is 1. The summed E-state index contributed by atoms with van der Waals surface area (Å²) in [6, 6.07) is 13.8. The number of nitrogens with zero attached hydrogens (tertiary/aromatic N) is 2. The maximum absolute atomic E-state index is 9.54. The Hall–Kier alpha value is -2.75. The van der Waals surface area contributed by atoms with E-state index in [1.807, 2.05) is 23.7 Å². The SMILES string of the molecule is Cc1cc(C)c2c(c1)-c1cc(C)nn1[C@H](c1ccc(O)cc1)N2. The highest BCUT2D eigenvalue weighted by molar-refractivity contribution is 5.81. The molecule has 116 valence electrons. The van der Waals surface area contributed by atoms with Crippen LogP contribution in [0.15, 0.2) is 42.5 Å². The molecule has 4 nitrogen and oxygen atoms in total. The highest BCUT2D eigenvalue weighted by Crippen LogP contribution is 2.41. The number of benzene rings is 2. The third-order valence-electron chi connectivity index (χ3n) is 4.35. The Morgan fingerprint density at radius 2 is 1.78 bits per heavy atom. The second-order valence-electron chi connectivity index (χ2n) is 6.26. The molecular weight excluding hydrogens is 286 g/mol. The molecule has 1 atom stereocenters. The van der Waals surface area contributed by atoms with E-state index in [9.17, 15) is 5.11 Å². The predicted octanol–water partition coefficient (Wildman–Crippen LogP) is 4.15. The molecule has 0 radical (unpaired) electrons. The second kappa shape index (κ2) is 4.88. The van der Waals surface area contributed by atoms with Crippen LogP contribution >= 0.6 is 0 Å². The number of fused-ring (bicyclic) bond motifs is 3. The first-order chi connectivity index (χ1) is 11.0. The number of aromatic hydroxyl groups is 1. The van der Waals surface area contributed by atoms with E-state index < -0.39 is 0 Å². The Morgan fingerprint density at radius 1 is 1.04 bits per heavy atom. The van der Waals surface area contributed by atoms with E-state index in [1.165, 1.54) is 16.7 Å². The number of hydrogen-bond acceptors (Lipinski definition) is 3. The standard InChI is InChI=1S/C19H19N3O/c1-11-8-12(2)18-16(9-11)17-10-13(3)21-22(17)19(20-18)14-4-6-15(23)7-5-14/h4-10,19-20,23H,1-3H3/t19-/m1/s1. The van der Waals surface area contributed by atoms with Gasteiger partial charge in [0.05, 0.1) is 11.4 Å². The molecule has 4 rings (SSSR count). The highest BCUT2D eigenvalue weighted by atomic mass is 16.3. The van der Waals surface area contributed by atoms with Crippen molar-refractivity contribution in [2.75, 3.05) is 5.32 Å². The summed E-state index contributed by atoms with van der Waals surface area (Å²) in [5.74, 6) is 0.272. The predicted molar refractivity (Wildman–Crippen MR) is 91.7 cm³/mol. The van der Waals surface area contributed by atoms with Gasteiger partial charge in [-0.3, -0.25) is 0 Å². The molecule has 0 fully saturated rings. The number of phenolic OH excluding ortho intramolecular Hbond substituents is 1. The Bertz CT molecular complexity index is 894. The minimum Gasteiger partial charge on any atom is -0.508 e. The number of nitrogens with one attached hydrogen (secondary N) is 1. The van der Waals surface area contributed by atoms with Crippen LogP contribution < -0.4 is 5.32 Å². The molecule has 1 aromatic heterocycles. The van der Waals surface area contributed by atoms with Gasteiger partial charge in [-0.2, -0.15) is 5.10 Å². The van der Waals surface area contributed by atoms with Gasteiger partial charge < -0.3 is 10.4 Å². The summed E-state index contributed by atoms with van der Waals surface area (Å²) in [6.07, 6.45) is -0.0757. The summed E-state index contributed by atoms with van der Waals surface area (Å²) in [5, 5.41) is 17.8. The molecule has 0 unspecified atom stereocenters. The van der Waals surface area contributed by atoms with Crippen LogP contribution in [0.1, 0.15) is 28.6 Å². The van der Waals surface area contributed by atoms with Crippen LogP contribution in [0.3, 0.4) is 0 Å². The summed E-state index contributed by atoms with van der Waals surface area (Å²) in [6.45, 7) is 6.26. The Kier molecular flexibility index (Phi) is 2.94. The van der Waals surface area contributed by atoms with Gasteiger partial charge in [0.2, 0.25) is 0 Å². The molecule has 3 aromatic rings. The van der Waals surface area contributed by atoms with Crippen LogP contribution in [-0.2, 0) is 0 Å². The molecule has 2 N–H and O–H groups in total. The van der Waals surface area contributed by atoms with E-state index >= 15 is 0 Å². The smallest absolute Gasteiger partial charge is 0.147 e. The lowest BCUT2D eigenvalue weighted by Crippen LogP contribution is -2.26. The Balaban J connectivity index is 1.93. The molecule has 2 heterocycles. The van der Waals surface area contributed by atoms with Crippen molar-refractivity contribution in [1.82, 2.24) is 9.78 Å². The molecule has 2 aromatic carbocycles.